The molecule has 1 aliphatic carbocycles. The second kappa shape index (κ2) is 10.5. The van der Waals surface area contributed by atoms with Gasteiger partial charge in [0.15, 0.2) is 0 Å². The highest BCUT2D eigenvalue weighted by Gasteiger charge is 2.29. The number of anilines is 1. The summed E-state index contributed by atoms with van der Waals surface area (Å²) in [5, 5.41) is 5.39. The molecule has 1 aromatic carbocycles. The molecule has 1 saturated carbocycles. The highest BCUT2D eigenvalue weighted by Crippen LogP contribution is 2.22. The monoisotopic (exact) mass is 405 g/mol. The Kier molecular flexibility index (Phi) is 7.73. The van der Waals surface area contributed by atoms with Gasteiger partial charge in [-0.05, 0) is 37.0 Å². The first-order valence-corrected chi connectivity index (χ1v) is 10.8. The molecule has 7 nitrogen and oxygen atoms in total. The fourth-order valence-electron chi connectivity index (χ4n) is 3.34. The fraction of sp³-hybridized carbons (Fsp3) is 0.550. The Labute approximate surface area is 169 Å². The van der Waals surface area contributed by atoms with Crippen LogP contribution in [0.3, 0.4) is 0 Å². The van der Waals surface area contributed by atoms with Crippen LogP contribution in [0.15, 0.2) is 24.3 Å². The summed E-state index contributed by atoms with van der Waals surface area (Å²) < 4.78 is 5.84. The van der Waals surface area contributed by atoms with Gasteiger partial charge in [0.1, 0.15) is 0 Å². The molecular weight excluding hydrogens is 378 g/mol. The smallest absolute Gasteiger partial charge is 0.319 e. The molecule has 2 fully saturated rings. The molecule has 0 aromatic heterocycles. The maximum Gasteiger partial charge on any atom is 0.319 e. The van der Waals surface area contributed by atoms with Crippen molar-refractivity contribution in [1.82, 2.24) is 10.2 Å². The Morgan fingerprint density at radius 1 is 1.14 bits per heavy atom. The number of imide groups is 1. The largest absolute Gasteiger partial charge is 0.378 e. The zero-order chi connectivity index (χ0) is 19.8. The van der Waals surface area contributed by atoms with Crippen LogP contribution in [0.5, 0.6) is 0 Å². The number of nitrogens with zero attached hydrogens (tertiary/aromatic N) is 1. The van der Waals surface area contributed by atoms with E-state index in [1.54, 1.807) is 24.3 Å². The minimum absolute atomic E-state index is 0.163. The van der Waals surface area contributed by atoms with Crippen molar-refractivity contribution in [2.45, 2.75) is 51.2 Å². The molecule has 4 amide bonds. The van der Waals surface area contributed by atoms with Gasteiger partial charge in [-0.25, -0.2) is 4.79 Å². The van der Waals surface area contributed by atoms with Gasteiger partial charge >= 0.3 is 6.03 Å². The van der Waals surface area contributed by atoms with Crippen molar-refractivity contribution in [1.29, 1.82) is 0 Å². The first kappa shape index (κ1) is 20.7. The standard InChI is InChI=1S/C20H27N3O4S/c24-18-14-28-20(26)23(18)13-15-7-9-16(10-8-15)22-19(25)21-11-4-12-27-17-5-2-1-3-6-17/h7-10,17H,1-6,11-14H2,(H2,21,22,25). The Balaban J connectivity index is 1.32. The van der Waals surface area contributed by atoms with Crippen molar-refractivity contribution in [2.24, 2.45) is 0 Å². The predicted molar refractivity (Wildman–Crippen MR) is 109 cm³/mol. The first-order valence-electron chi connectivity index (χ1n) is 9.84. The van der Waals surface area contributed by atoms with E-state index in [0.717, 1.165) is 36.6 Å². The summed E-state index contributed by atoms with van der Waals surface area (Å²) in [4.78, 5) is 36.5. The van der Waals surface area contributed by atoms with Crippen LogP contribution in [-0.2, 0) is 16.1 Å². The minimum Gasteiger partial charge on any atom is -0.378 e. The Hall–Kier alpha value is -2.06. The number of carbonyl (C=O) groups is 3. The van der Waals surface area contributed by atoms with Crippen molar-refractivity contribution >= 4 is 34.6 Å². The van der Waals surface area contributed by atoms with E-state index < -0.39 is 0 Å². The zero-order valence-corrected chi connectivity index (χ0v) is 16.8. The highest BCUT2D eigenvalue weighted by molar-refractivity contribution is 8.14. The molecular formula is C20H27N3O4S. The molecule has 8 heteroatoms. The summed E-state index contributed by atoms with van der Waals surface area (Å²) in [7, 11) is 0. The van der Waals surface area contributed by atoms with E-state index in [4.69, 9.17) is 4.74 Å². The lowest BCUT2D eigenvalue weighted by Crippen LogP contribution is -2.30. The highest BCUT2D eigenvalue weighted by atomic mass is 32.2. The maximum atomic E-state index is 12.0. The van der Waals surface area contributed by atoms with Crippen molar-refractivity contribution in [3.63, 3.8) is 0 Å². The SMILES string of the molecule is O=C(NCCCOC1CCCCC1)Nc1ccc(CN2C(=O)CSC2=O)cc1. The molecule has 28 heavy (non-hydrogen) atoms. The van der Waals surface area contributed by atoms with Gasteiger partial charge in [0.25, 0.3) is 5.24 Å². The van der Waals surface area contributed by atoms with Crippen molar-refractivity contribution in [3.05, 3.63) is 29.8 Å². The number of thioether (sulfide) groups is 1. The molecule has 1 saturated heterocycles. The van der Waals surface area contributed by atoms with Crippen molar-refractivity contribution in [3.8, 4) is 0 Å². The fourth-order valence-corrected chi connectivity index (χ4v) is 4.07. The number of carbonyl (C=O) groups excluding carboxylic acids is 3. The van der Waals surface area contributed by atoms with Crippen LogP contribution in [0.4, 0.5) is 15.3 Å². The second-order valence-electron chi connectivity index (χ2n) is 7.10. The van der Waals surface area contributed by atoms with E-state index in [2.05, 4.69) is 10.6 Å². The van der Waals surface area contributed by atoms with Crippen LogP contribution >= 0.6 is 11.8 Å². The summed E-state index contributed by atoms with van der Waals surface area (Å²) in [5.41, 5.74) is 1.50. The van der Waals surface area contributed by atoms with Gasteiger partial charge in [-0.15, -0.1) is 0 Å². The van der Waals surface area contributed by atoms with E-state index in [0.29, 0.717) is 24.9 Å². The van der Waals surface area contributed by atoms with E-state index >= 15 is 0 Å². The Morgan fingerprint density at radius 2 is 1.89 bits per heavy atom. The molecule has 1 aromatic rings. The Bertz CT molecular complexity index is 673. The van der Waals surface area contributed by atoms with Gasteiger partial charge in [-0.3, -0.25) is 14.5 Å². The zero-order valence-electron chi connectivity index (χ0n) is 15.9. The summed E-state index contributed by atoms with van der Waals surface area (Å²) in [6.45, 7) is 1.50. The second-order valence-corrected chi connectivity index (χ2v) is 8.02. The number of benzene rings is 1. The van der Waals surface area contributed by atoms with Gasteiger partial charge in [-0.2, -0.15) is 0 Å². The molecule has 0 bridgehead atoms. The molecule has 1 heterocycles. The third-order valence-electron chi connectivity index (χ3n) is 4.91. The third-order valence-corrected chi connectivity index (χ3v) is 5.76. The molecule has 2 aliphatic rings. The lowest BCUT2D eigenvalue weighted by atomic mass is 9.98. The molecule has 0 radical (unpaired) electrons. The normalized spacial score (nSPS) is 17.8. The summed E-state index contributed by atoms with van der Waals surface area (Å²) >= 11 is 1.03. The number of ether oxygens (including phenoxy) is 1. The first-order chi connectivity index (χ1) is 13.6. The van der Waals surface area contributed by atoms with E-state index in [1.165, 1.54) is 24.2 Å². The van der Waals surface area contributed by atoms with Crippen LogP contribution in [0.25, 0.3) is 0 Å². The van der Waals surface area contributed by atoms with E-state index in [9.17, 15) is 14.4 Å². The summed E-state index contributed by atoms with van der Waals surface area (Å²) in [6, 6.07) is 6.87. The van der Waals surface area contributed by atoms with Crippen molar-refractivity contribution in [2.75, 3.05) is 24.2 Å². The minimum atomic E-state index is -0.258. The van der Waals surface area contributed by atoms with E-state index in [-0.39, 0.29) is 29.5 Å². The maximum absolute atomic E-state index is 12.0. The number of nitrogens with one attached hydrogen (secondary N) is 2. The van der Waals surface area contributed by atoms with Gasteiger partial charge in [0.05, 0.1) is 18.4 Å². The van der Waals surface area contributed by atoms with Gasteiger partial charge in [0.2, 0.25) is 5.91 Å². The average molecular weight is 406 g/mol. The average Bonchev–Trinajstić information content (AvgIpc) is 3.02. The van der Waals surface area contributed by atoms with Crippen LogP contribution < -0.4 is 10.6 Å². The van der Waals surface area contributed by atoms with Crippen LogP contribution in [0.1, 0.15) is 44.1 Å². The molecule has 0 unspecified atom stereocenters. The number of amides is 4. The van der Waals surface area contributed by atoms with Crippen LogP contribution in [0.2, 0.25) is 0 Å². The third kappa shape index (κ3) is 6.24. The number of hydrogen-bond acceptors (Lipinski definition) is 5. The molecule has 0 spiro atoms. The molecule has 152 valence electrons. The lowest BCUT2D eigenvalue weighted by Gasteiger charge is -2.21. The van der Waals surface area contributed by atoms with Crippen LogP contribution in [0, 0.1) is 0 Å². The summed E-state index contributed by atoms with van der Waals surface area (Å²) in [5.74, 6) is 0.0497. The predicted octanol–water partition coefficient (Wildman–Crippen LogP) is 3.74. The molecule has 1 aliphatic heterocycles. The van der Waals surface area contributed by atoms with Gasteiger partial charge in [-0.1, -0.05) is 43.2 Å². The Morgan fingerprint density at radius 3 is 2.57 bits per heavy atom. The van der Waals surface area contributed by atoms with E-state index in [1.807, 2.05) is 0 Å². The number of rotatable bonds is 8. The van der Waals surface area contributed by atoms with Crippen LogP contribution in [-0.4, -0.2) is 47.1 Å². The quantitative estimate of drug-likeness (QED) is 0.643. The topological polar surface area (TPSA) is 87.7 Å². The molecule has 2 N–H and O–H groups in total. The number of hydrogen-bond donors (Lipinski definition) is 2. The van der Waals surface area contributed by atoms with Gasteiger partial charge in [0, 0.05) is 18.8 Å². The number of urea groups is 1. The van der Waals surface area contributed by atoms with Crippen molar-refractivity contribution < 1.29 is 19.1 Å². The molecule has 3 rings (SSSR count). The summed E-state index contributed by atoms with van der Waals surface area (Å²) in [6.07, 6.45) is 7.33. The van der Waals surface area contributed by atoms with Gasteiger partial charge < -0.3 is 15.4 Å². The lowest BCUT2D eigenvalue weighted by molar-refractivity contribution is -0.125. The molecule has 0 atom stereocenters.